The Labute approximate surface area is 127 Å². The molecule has 4 heteroatoms. The topological polar surface area (TPSA) is 35.6 Å². The van der Waals surface area contributed by atoms with Gasteiger partial charge in [-0.05, 0) is 20.8 Å². The molecule has 0 fully saturated rings. The molecule has 112 valence electrons. The van der Waals surface area contributed by atoms with Crippen molar-refractivity contribution in [2.45, 2.75) is 20.8 Å². The second-order valence-electron chi connectivity index (χ2n) is 4.83. The molecule has 0 unspecified atom stereocenters. The fourth-order valence-corrected chi connectivity index (χ4v) is 1.41. The first-order valence-corrected chi connectivity index (χ1v) is 6.90. The van der Waals surface area contributed by atoms with Gasteiger partial charge >= 0.3 is 0 Å². The first-order chi connectivity index (χ1) is 10.0. The molecule has 0 saturated carbocycles. The van der Waals surface area contributed by atoms with Crippen LogP contribution in [0, 0.1) is 20.8 Å². The monoisotopic (exact) mass is 284 g/mol. The molecule has 3 aromatic rings. The zero-order chi connectivity index (χ0) is 15.7. The van der Waals surface area contributed by atoms with Gasteiger partial charge in [-0.25, -0.2) is 9.97 Å². The number of hydrogen-bond donors (Lipinski definition) is 0. The third-order valence-corrected chi connectivity index (χ3v) is 3.06. The summed E-state index contributed by atoms with van der Waals surface area (Å²) in [5, 5.41) is 0. The lowest BCUT2D eigenvalue weighted by atomic mass is 10.2. The van der Waals surface area contributed by atoms with E-state index in [1.165, 1.54) is 5.56 Å². The molecule has 4 nitrogen and oxygen atoms in total. The van der Waals surface area contributed by atoms with Gasteiger partial charge in [0, 0.05) is 38.9 Å². The van der Waals surface area contributed by atoms with Crippen LogP contribution in [-0.2, 0) is 14.1 Å². The predicted octanol–water partition coefficient (Wildman–Crippen LogP) is 3.45. The van der Waals surface area contributed by atoms with Crippen LogP contribution in [0.1, 0.15) is 17.2 Å². The molecule has 3 rings (SSSR count). The normalized spacial score (nSPS) is 9.19. The summed E-state index contributed by atoms with van der Waals surface area (Å²) in [4.78, 5) is 7.96. The lowest BCUT2D eigenvalue weighted by Gasteiger charge is -1.87. The molecule has 0 N–H and O–H groups in total. The summed E-state index contributed by atoms with van der Waals surface area (Å²) < 4.78 is 3.94. The molecule has 0 saturated heterocycles. The molecule has 21 heavy (non-hydrogen) atoms. The van der Waals surface area contributed by atoms with Crippen molar-refractivity contribution in [2.75, 3.05) is 0 Å². The summed E-state index contributed by atoms with van der Waals surface area (Å²) in [7, 11) is 3.95. The number of nitrogens with zero attached hydrogens (tertiary/aromatic N) is 4. The summed E-state index contributed by atoms with van der Waals surface area (Å²) in [5.74, 6) is 2.11. The van der Waals surface area contributed by atoms with Crippen LogP contribution in [0.2, 0.25) is 0 Å². The molecule has 0 aliphatic heterocycles. The predicted molar refractivity (Wildman–Crippen MR) is 87.1 cm³/mol. The van der Waals surface area contributed by atoms with E-state index in [0.717, 1.165) is 11.6 Å². The summed E-state index contributed by atoms with van der Waals surface area (Å²) in [6.45, 7) is 6.03. The molecule has 2 aromatic heterocycles. The van der Waals surface area contributed by atoms with Gasteiger partial charge in [-0.2, -0.15) is 0 Å². The van der Waals surface area contributed by atoms with E-state index >= 15 is 0 Å². The summed E-state index contributed by atoms with van der Waals surface area (Å²) in [6.07, 6.45) is 7.43. The number of rotatable bonds is 0. The standard InChI is InChI=1S/C7H8.2C5H8N2/c1-7-5-3-2-4-6-7;2*1-5-6-3-4-7(5)2/h2-6H,1H3;2*3-4H,1-2H3. The zero-order valence-corrected chi connectivity index (χ0v) is 13.5. The zero-order valence-electron chi connectivity index (χ0n) is 13.5. The molecule has 1 aromatic carbocycles. The molecule has 0 atom stereocenters. The van der Waals surface area contributed by atoms with E-state index in [1.54, 1.807) is 12.4 Å². The minimum absolute atomic E-state index is 1.06. The van der Waals surface area contributed by atoms with Crippen molar-refractivity contribution in [2.24, 2.45) is 14.1 Å². The van der Waals surface area contributed by atoms with E-state index in [-0.39, 0.29) is 0 Å². The molecular formula is C17H24N4. The highest BCUT2D eigenvalue weighted by Crippen LogP contribution is 1.92. The highest BCUT2D eigenvalue weighted by Gasteiger charge is 1.84. The Bertz CT molecular complexity index is 552. The van der Waals surface area contributed by atoms with Gasteiger partial charge in [-0.3, -0.25) is 0 Å². The average Bonchev–Trinajstić information content (AvgIpc) is 3.02. The smallest absolute Gasteiger partial charge is 0.105 e. The second-order valence-corrected chi connectivity index (χ2v) is 4.83. The minimum Gasteiger partial charge on any atom is -0.338 e. The van der Waals surface area contributed by atoms with Gasteiger partial charge in [0.05, 0.1) is 0 Å². The Morgan fingerprint density at radius 2 is 1.14 bits per heavy atom. The van der Waals surface area contributed by atoms with E-state index in [4.69, 9.17) is 0 Å². The van der Waals surface area contributed by atoms with Crippen LogP contribution >= 0.6 is 0 Å². The largest absolute Gasteiger partial charge is 0.338 e. The number of aryl methyl sites for hydroxylation is 5. The van der Waals surface area contributed by atoms with Gasteiger partial charge in [0.2, 0.25) is 0 Å². The molecular weight excluding hydrogens is 260 g/mol. The second kappa shape index (κ2) is 8.74. The van der Waals surface area contributed by atoms with Gasteiger partial charge < -0.3 is 9.13 Å². The molecule has 2 heterocycles. The Hall–Kier alpha value is -2.36. The lowest BCUT2D eigenvalue weighted by molar-refractivity contribution is 0.858. The van der Waals surface area contributed by atoms with Crippen LogP contribution in [0.4, 0.5) is 0 Å². The van der Waals surface area contributed by atoms with Crippen molar-refractivity contribution in [1.82, 2.24) is 19.1 Å². The van der Waals surface area contributed by atoms with Crippen molar-refractivity contribution in [1.29, 1.82) is 0 Å². The lowest BCUT2D eigenvalue weighted by Crippen LogP contribution is -1.86. The molecule has 0 spiro atoms. The Morgan fingerprint density at radius 3 is 1.29 bits per heavy atom. The Kier molecular flexibility index (Phi) is 6.95. The highest BCUT2D eigenvalue weighted by molar-refractivity contribution is 5.11. The fourth-order valence-electron chi connectivity index (χ4n) is 1.41. The number of aromatic nitrogens is 4. The highest BCUT2D eigenvalue weighted by atomic mass is 15.0. The fraction of sp³-hybridized carbons (Fsp3) is 0.294. The maximum atomic E-state index is 3.98. The third-order valence-electron chi connectivity index (χ3n) is 3.06. The molecule has 0 radical (unpaired) electrons. The van der Waals surface area contributed by atoms with Gasteiger partial charge in [0.1, 0.15) is 11.6 Å². The SMILES string of the molecule is Cc1ccccc1.Cc1nccn1C.Cc1nccn1C. The maximum Gasteiger partial charge on any atom is 0.105 e. The molecule has 0 amide bonds. The van der Waals surface area contributed by atoms with Crippen molar-refractivity contribution < 1.29 is 0 Å². The van der Waals surface area contributed by atoms with Crippen molar-refractivity contribution in [3.8, 4) is 0 Å². The van der Waals surface area contributed by atoms with Crippen molar-refractivity contribution >= 4 is 0 Å². The van der Waals surface area contributed by atoms with E-state index in [2.05, 4.69) is 29.0 Å². The van der Waals surface area contributed by atoms with E-state index in [9.17, 15) is 0 Å². The Morgan fingerprint density at radius 1 is 0.714 bits per heavy atom. The Balaban J connectivity index is 0.000000157. The number of benzene rings is 1. The first-order valence-electron chi connectivity index (χ1n) is 6.90. The van der Waals surface area contributed by atoms with E-state index < -0.39 is 0 Å². The summed E-state index contributed by atoms with van der Waals surface area (Å²) in [5.41, 5.74) is 1.32. The first kappa shape index (κ1) is 16.7. The molecule has 0 aliphatic carbocycles. The van der Waals surface area contributed by atoms with Crippen molar-refractivity contribution in [3.05, 3.63) is 72.3 Å². The third kappa shape index (κ3) is 6.56. The van der Waals surface area contributed by atoms with Crippen LogP contribution in [-0.4, -0.2) is 19.1 Å². The van der Waals surface area contributed by atoms with Crippen LogP contribution in [0.5, 0.6) is 0 Å². The van der Waals surface area contributed by atoms with Crippen LogP contribution in [0.25, 0.3) is 0 Å². The quantitative estimate of drug-likeness (QED) is 0.634. The summed E-state index contributed by atoms with van der Waals surface area (Å²) >= 11 is 0. The molecule has 0 aliphatic rings. The van der Waals surface area contributed by atoms with Crippen LogP contribution in [0.15, 0.2) is 55.1 Å². The van der Waals surface area contributed by atoms with Crippen molar-refractivity contribution in [3.63, 3.8) is 0 Å². The van der Waals surface area contributed by atoms with Gasteiger partial charge in [-0.1, -0.05) is 35.9 Å². The maximum absolute atomic E-state index is 3.98. The van der Waals surface area contributed by atoms with Gasteiger partial charge in [-0.15, -0.1) is 0 Å². The van der Waals surface area contributed by atoms with E-state index in [0.29, 0.717) is 0 Å². The van der Waals surface area contributed by atoms with Gasteiger partial charge in [0.15, 0.2) is 0 Å². The average molecular weight is 284 g/mol. The van der Waals surface area contributed by atoms with Crippen LogP contribution < -0.4 is 0 Å². The number of hydrogen-bond acceptors (Lipinski definition) is 2. The number of imidazole rings is 2. The van der Waals surface area contributed by atoms with Gasteiger partial charge in [0.25, 0.3) is 0 Å². The molecule has 0 bridgehead atoms. The summed E-state index contributed by atoms with van der Waals surface area (Å²) in [6, 6.07) is 10.3. The van der Waals surface area contributed by atoms with Crippen LogP contribution in [0.3, 0.4) is 0 Å². The van der Waals surface area contributed by atoms with E-state index in [1.807, 2.05) is 67.7 Å². The minimum atomic E-state index is 1.06.